The predicted molar refractivity (Wildman–Crippen MR) is 117 cm³/mol. The van der Waals surface area contributed by atoms with E-state index in [2.05, 4.69) is 19.1 Å². The van der Waals surface area contributed by atoms with Crippen molar-refractivity contribution >= 4 is 58.0 Å². The van der Waals surface area contributed by atoms with Crippen molar-refractivity contribution in [3.63, 3.8) is 0 Å². The van der Waals surface area contributed by atoms with Gasteiger partial charge in [-0.15, -0.1) is 0 Å². The molecule has 0 aliphatic carbocycles. The average Bonchev–Trinajstić information content (AvgIpc) is 2.50. The molecule has 0 unspecified atom stereocenters. The molecule has 0 atom stereocenters. The van der Waals surface area contributed by atoms with E-state index < -0.39 is 11.9 Å². The van der Waals surface area contributed by atoms with E-state index >= 15 is 0 Å². The van der Waals surface area contributed by atoms with Crippen molar-refractivity contribution in [2.24, 2.45) is 0 Å². The van der Waals surface area contributed by atoms with Gasteiger partial charge in [-0.25, -0.2) is 0 Å². The van der Waals surface area contributed by atoms with Gasteiger partial charge in [-0.05, 0) is 32.1 Å². The maximum atomic E-state index is 10.3. The maximum absolute atomic E-state index is 10.3. The first kappa shape index (κ1) is 33.8. The lowest BCUT2D eigenvalue weighted by molar-refractivity contribution is -0.137. The zero-order valence-corrected chi connectivity index (χ0v) is 15.8. The first-order valence-electron chi connectivity index (χ1n) is 9.57. The van der Waals surface area contributed by atoms with Crippen LogP contribution in [0.5, 0.6) is 0 Å². The van der Waals surface area contributed by atoms with Crippen LogP contribution in [0.15, 0.2) is 12.2 Å². The van der Waals surface area contributed by atoms with Crippen molar-refractivity contribution < 1.29 is 19.8 Å². The number of rotatable bonds is 15. The number of carboxylic acid groups (broad SMARTS) is 2. The number of hydrogen-bond donors (Lipinski definition) is 2. The monoisotopic (exact) mass is 394 g/mol. The fourth-order valence-electron chi connectivity index (χ4n) is 2.35. The van der Waals surface area contributed by atoms with Gasteiger partial charge in [0.25, 0.3) is 5.97 Å². The van der Waals surface area contributed by atoms with Crippen LogP contribution in [0.2, 0.25) is 0 Å². The Morgan fingerprint density at radius 2 is 1.04 bits per heavy atom. The highest BCUT2D eigenvalue weighted by Crippen LogP contribution is 2.09. The van der Waals surface area contributed by atoms with Crippen LogP contribution < -0.4 is 0 Å². The Balaban J connectivity index is -0.000000363. The maximum Gasteiger partial charge on any atom is 0.316 e. The van der Waals surface area contributed by atoms with Gasteiger partial charge < -0.3 is 10.2 Å². The second-order valence-electron chi connectivity index (χ2n) is 6.25. The number of carboxylic acids is 2. The van der Waals surface area contributed by atoms with Gasteiger partial charge in [0.1, 0.15) is 0 Å². The largest absolute Gasteiger partial charge is 0.481 e. The van der Waals surface area contributed by atoms with Crippen LogP contribution in [0.25, 0.3) is 0 Å². The summed E-state index contributed by atoms with van der Waals surface area (Å²) in [7, 11) is 0. The topological polar surface area (TPSA) is 74.6 Å². The molecular formula is C20H42Mg2O4. The highest BCUT2D eigenvalue weighted by Gasteiger charge is 1.95. The molecule has 0 saturated heterocycles. The summed E-state index contributed by atoms with van der Waals surface area (Å²) in [6.45, 7) is 3.34. The lowest BCUT2D eigenvalue weighted by Crippen LogP contribution is -1.93. The van der Waals surface area contributed by atoms with Gasteiger partial charge in [0.15, 0.2) is 0 Å². The first-order chi connectivity index (χ1) is 11.5. The van der Waals surface area contributed by atoms with Crippen LogP contribution in [0.3, 0.4) is 0 Å². The smallest absolute Gasteiger partial charge is 0.316 e. The molecule has 0 spiro atoms. The van der Waals surface area contributed by atoms with E-state index in [9.17, 15) is 4.79 Å². The molecule has 0 aromatic rings. The number of hydrogen-bond acceptors (Lipinski definition) is 2. The number of unbranched alkanes of at least 4 members (excludes halogenated alkanes) is 11. The van der Waals surface area contributed by atoms with Crippen LogP contribution in [-0.4, -0.2) is 68.3 Å². The molecule has 2 N–H and O–H groups in total. The molecule has 0 aliphatic heterocycles. The minimum absolute atomic E-state index is 0. The van der Waals surface area contributed by atoms with Gasteiger partial charge in [-0.1, -0.05) is 70.4 Å². The Kier molecular flexibility index (Phi) is 38.9. The third-order valence-corrected chi connectivity index (χ3v) is 3.65. The molecule has 4 nitrogen and oxygen atoms in total. The van der Waals surface area contributed by atoms with E-state index in [1.807, 2.05) is 0 Å². The van der Waals surface area contributed by atoms with Crippen LogP contribution in [-0.2, 0) is 9.59 Å². The predicted octanol–water partition coefficient (Wildman–Crippen LogP) is 4.37. The highest BCUT2D eigenvalue weighted by molar-refractivity contribution is 5.76. The van der Waals surface area contributed by atoms with E-state index in [4.69, 9.17) is 15.0 Å². The zero-order chi connectivity index (χ0) is 18.5. The van der Waals surface area contributed by atoms with Crippen molar-refractivity contribution in [3.05, 3.63) is 12.2 Å². The quantitative estimate of drug-likeness (QED) is 0.245. The van der Waals surface area contributed by atoms with E-state index in [0.29, 0.717) is 6.42 Å². The second-order valence-corrected chi connectivity index (χ2v) is 6.25. The summed E-state index contributed by atoms with van der Waals surface area (Å²) < 4.78 is 0. The zero-order valence-electron chi connectivity index (χ0n) is 15.8. The molecule has 0 rings (SSSR count). The minimum Gasteiger partial charge on any atom is -0.481 e. The van der Waals surface area contributed by atoms with Gasteiger partial charge in [-0.3, -0.25) is 9.59 Å². The molecule has 0 amide bonds. The SMILES string of the molecule is CC(=O)O.CCCCCCCC/C=C\CCCCCCCC(=O)O.[MgH2].[MgH2]. The van der Waals surface area contributed by atoms with Gasteiger partial charge in [-0.2, -0.15) is 0 Å². The molecule has 0 aromatic heterocycles. The Bertz CT molecular complexity index is 317. The normalized spacial score (nSPS) is 9.62. The fraction of sp³-hybridized carbons (Fsp3) is 0.800. The summed E-state index contributed by atoms with van der Waals surface area (Å²) in [6, 6.07) is 0. The minimum atomic E-state index is -0.833. The lowest BCUT2D eigenvalue weighted by atomic mass is 10.1. The number of aliphatic carboxylic acids is 2. The highest BCUT2D eigenvalue weighted by atomic mass is 24.3. The molecular weight excluding hydrogens is 353 g/mol. The number of allylic oxidation sites excluding steroid dienone is 2. The van der Waals surface area contributed by atoms with Crippen LogP contribution in [0.1, 0.15) is 104 Å². The van der Waals surface area contributed by atoms with E-state index in [1.54, 1.807) is 0 Å². The molecule has 0 bridgehead atoms. The summed E-state index contributed by atoms with van der Waals surface area (Å²) in [5, 5.41) is 15.9. The van der Waals surface area contributed by atoms with Gasteiger partial charge >= 0.3 is 52.1 Å². The summed E-state index contributed by atoms with van der Waals surface area (Å²) in [5.74, 6) is -1.50. The van der Waals surface area contributed by atoms with E-state index in [1.165, 1.54) is 70.6 Å². The molecule has 0 aliphatic rings. The third kappa shape index (κ3) is 44.0. The Labute approximate surface area is 192 Å². The Hall–Kier alpha value is 0.212. The van der Waals surface area contributed by atoms with Gasteiger partial charge in [0.05, 0.1) is 0 Å². The van der Waals surface area contributed by atoms with Crippen molar-refractivity contribution in [1.29, 1.82) is 0 Å². The fourth-order valence-corrected chi connectivity index (χ4v) is 2.35. The summed E-state index contributed by atoms with van der Waals surface area (Å²) >= 11 is 0. The van der Waals surface area contributed by atoms with Crippen LogP contribution in [0, 0.1) is 0 Å². The van der Waals surface area contributed by atoms with Crippen molar-refractivity contribution in [1.82, 2.24) is 0 Å². The lowest BCUT2D eigenvalue weighted by Gasteiger charge is -1.99. The summed E-state index contributed by atoms with van der Waals surface area (Å²) in [5.41, 5.74) is 0. The first-order valence-corrected chi connectivity index (χ1v) is 9.57. The second kappa shape index (κ2) is 30.0. The molecule has 150 valence electrons. The molecule has 0 fully saturated rings. The van der Waals surface area contributed by atoms with Crippen molar-refractivity contribution in [2.45, 2.75) is 104 Å². The molecule has 0 heterocycles. The average molecular weight is 395 g/mol. The number of carbonyl (C=O) groups is 2. The van der Waals surface area contributed by atoms with E-state index in [-0.39, 0.29) is 46.1 Å². The Morgan fingerprint density at radius 1 is 0.692 bits per heavy atom. The van der Waals surface area contributed by atoms with E-state index in [0.717, 1.165) is 19.8 Å². The standard InChI is InChI=1S/C18H34O2.C2H4O2.2Mg.4H/c1-2-3-4-5-6-7-8-9-10-11-12-13-14-15-16-17-18(19)20;1-2(3)4;;;;;;/h9-10H,2-8,11-17H2,1H3,(H,19,20);1H3,(H,3,4);;;;;;/b10-9-;;;;;;;. The Morgan fingerprint density at radius 3 is 1.42 bits per heavy atom. The summed E-state index contributed by atoms with van der Waals surface area (Å²) in [6.07, 6.45) is 21.2. The van der Waals surface area contributed by atoms with Gasteiger partial charge in [0.2, 0.25) is 0 Å². The van der Waals surface area contributed by atoms with Crippen LogP contribution in [0.4, 0.5) is 0 Å². The molecule has 6 heteroatoms. The molecule has 0 aromatic carbocycles. The van der Waals surface area contributed by atoms with Crippen LogP contribution >= 0.6 is 0 Å². The molecule has 0 saturated carbocycles. The third-order valence-electron chi connectivity index (χ3n) is 3.65. The molecule has 26 heavy (non-hydrogen) atoms. The molecule has 0 radical (unpaired) electrons. The van der Waals surface area contributed by atoms with Gasteiger partial charge in [0, 0.05) is 13.3 Å². The summed E-state index contributed by atoms with van der Waals surface area (Å²) in [4.78, 5) is 19.3. The van der Waals surface area contributed by atoms with Crippen molar-refractivity contribution in [3.8, 4) is 0 Å². The van der Waals surface area contributed by atoms with Crippen molar-refractivity contribution in [2.75, 3.05) is 0 Å².